The normalized spacial score (nSPS) is 25.7. The van der Waals surface area contributed by atoms with Gasteiger partial charge in [0.25, 0.3) is 0 Å². The number of para-hydroxylation sites is 1. The van der Waals surface area contributed by atoms with E-state index in [0.29, 0.717) is 23.7 Å². The monoisotopic (exact) mass is 922 g/mol. The summed E-state index contributed by atoms with van der Waals surface area (Å²) in [5.41, 5.74) is 7.14. The second-order valence-corrected chi connectivity index (χ2v) is 22.0. The second kappa shape index (κ2) is 17.2. The van der Waals surface area contributed by atoms with Gasteiger partial charge in [-0.1, -0.05) is 49.4 Å². The molecular formula is C52H62N10O4S. The maximum absolute atomic E-state index is 14.4. The van der Waals surface area contributed by atoms with Crippen LogP contribution in [0, 0.1) is 30.1 Å². The lowest BCUT2D eigenvalue weighted by atomic mass is 9.39. The van der Waals surface area contributed by atoms with Gasteiger partial charge in [-0.3, -0.25) is 9.58 Å². The molecule has 2 aromatic carbocycles. The summed E-state index contributed by atoms with van der Waals surface area (Å²) >= 11 is 1.59. The van der Waals surface area contributed by atoms with E-state index in [1.807, 2.05) is 60.8 Å². The lowest BCUT2D eigenvalue weighted by Gasteiger charge is -2.69. The fourth-order valence-electron chi connectivity index (χ4n) is 13.5. The van der Waals surface area contributed by atoms with E-state index in [9.17, 15) is 4.79 Å². The van der Waals surface area contributed by atoms with Crippen molar-refractivity contribution in [3.05, 3.63) is 94.9 Å². The van der Waals surface area contributed by atoms with Crippen molar-refractivity contribution in [2.24, 2.45) is 16.2 Å². The number of benzene rings is 2. The fourth-order valence-corrected chi connectivity index (χ4v) is 14.4. The van der Waals surface area contributed by atoms with Crippen LogP contribution in [0.1, 0.15) is 91.7 Å². The van der Waals surface area contributed by atoms with Crippen molar-refractivity contribution < 1.29 is 19.0 Å². The van der Waals surface area contributed by atoms with Crippen molar-refractivity contribution in [1.29, 1.82) is 0 Å². The Hall–Kier alpha value is -5.48. The Bertz CT molecular complexity index is 2770. The molecule has 67 heavy (non-hydrogen) atoms. The van der Waals surface area contributed by atoms with E-state index in [1.165, 1.54) is 19.3 Å². The molecule has 14 nitrogen and oxygen atoms in total. The molecule has 0 spiro atoms. The zero-order valence-electron chi connectivity index (χ0n) is 39.5. The number of carbonyl (C=O) groups is 1. The highest BCUT2D eigenvalue weighted by atomic mass is 32.1. The summed E-state index contributed by atoms with van der Waals surface area (Å²) in [4.78, 5) is 29.0. The number of aromatic nitrogens is 6. The molecule has 2 aliphatic heterocycles. The first-order chi connectivity index (χ1) is 32.4. The number of piperazine rings is 1. The number of anilines is 4. The summed E-state index contributed by atoms with van der Waals surface area (Å²) in [6.45, 7) is 16.9. The first kappa shape index (κ1) is 44.1. The van der Waals surface area contributed by atoms with Crippen molar-refractivity contribution >= 4 is 50.1 Å². The van der Waals surface area contributed by atoms with Crippen LogP contribution in [0.3, 0.4) is 0 Å². The number of methoxy groups -OCH3 is 1. The summed E-state index contributed by atoms with van der Waals surface area (Å²) < 4.78 is 21.8. The molecule has 1 saturated heterocycles. The van der Waals surface area contributed by atoms with E-state index < -0.39 is 5.97 Å². The average molecular weight is 923 g/mol. The molecule has 0 radical (unpaired) electrons. The third-order valence-corrected chi connectivity index (χ3v) is 16.3. The van der Waals surface area contributed by atoms with Crippen LogP contribution in [0.2, 0.25) is 0 Å². The van der Waals surface area contributed by atoms with Crippen molar-refractivity contribution in [2.75, 3.05) is 63.2 Å². The largest absolute Gasteiger partial charge is 0.497 e. The van der Waals surface area contributed by atoms with Gasteiger partial charge in [0.15, 0.2) is 22.5 Å². The summed E-state index contributed by atoms with van der Waals surface area (Å²) in [5.74, 6) is 2.28. The van der Waals surface area contributed by atoms with Crippen LogP contribution < -0.4 is 20.3 Å². The smallest absolute Gasteiger partial charge is 0.358 e. The van der Waals surface area contributed by atoms with Crippen LogP contribution in [0.5, 0.6) is 5.75 Å². The molecular weight excluding hydrogens is 861 g/mol. The average Bonchev–Trinajstić information content (AvgIpc) is 3.89. The Morgan fingerprint density at radius 1 is 0.881 bits per heavy atom. The molecule has 4 saturated carbocycles. The van der Waals surface area contributed by atoms with E-state index >= 15 is 0 Å². The highest BCUT2D eigenvalue weighted by molar-refractivity contribution is 7.22. The van der Waals surface area contributed by atoms with Gasteiger partial charge in [0.05, 0.1) is 35.7 Å². The van der Waals surface area contributed by atoms with Crippen LogP contribution in [-0.4, -0.2) is 99.4 Å². The quantitative estimate of drug-likeness (QED) is 0.100. The summed E-state index contributed by atoms with van der Waals surface area (Å²) in [6, 6.07) is 19.7. The highest BCUT2D eigenvalue weighted by Crippen LogP contribution is 2.72. The number of esters is 1. The Kier molecular flexibility index (Phi) is 11.3. The van der Waals surface area contributed by atoms with Crippen molar-refractivity contribution in [3.63, 3.8) is 0 Å². The molecule has 15 heteroatoms. The summed E-state index contributed by atoms with van der Waals surface area (Å²) in [5, 5.41) is 22.3. The van der Waals surface area contributed by atoms with Gasteiger partial charge in [0.2, 0.25) is 0 Å². The van der Waals surface area contributed by atoms with E-state index in [-0.39, 0.29) is 34.1 Å². The molecule has 350 valence electrons. The first-order valence-electron chi connectivity index (χ1n) is 24.1. The van der Waals surface area contributed by atoms with E-state index in [4.69, 9.17) is 34.4 Å². The minimum Gasteiger partial charge on any atom is -0.497 e. The molecule has 2 N–H and O–H groups in total. The number of fused-ring (bicyclic) bond motifs is 2. The number of rotatable bonds is 14. The molecule has 2 unspecified atom stereocenters. The van der Waals surface area contributed by atoms with Gasteiger partial charge < -0.3 is 29.7 Å². The first-order valence-corrected chi connectivity index (χ1v) is 24.9. The van der Waals surface area contributed by atoms with Crippen LogP contribution >= 0.6 is 11.3 Å². The topological polar surface area (TPSA) is 145 Å². The predicted molar refractivity (Wildman–Crippen MR) is 262 cm³/mol. The number of hydrogen-bond acceptors (Lipinski definition) is 14. The van der Waals surface area contributed by atoms with Crippen LogP contribution in [0.15, 0.2) is 66.9 Å². The van der Waals surface area contributed by atoms with Crippen molar-refractivity contribution in [2.45, 2.75) is 97.8 Å². The summed E-state index contributed by atoms with van der Waals surface area (Å²) in [6.07, 6.45) is 10.6. The molecule has 4 aromatic heterocycles. The van der Waals surface area contributed by atoms with E-state index in [2.05, 4.69) is 64.0 Å². The maximum atomic E-state index is 14.4. The van der Waals surface area contributed by atoms with Gasteiger partial charge in [-0.25, -0.2) is 14.8 Å². The molecule has 4 bridgehead atoms. The van der Waals surface area contributed by atoms with Crippen LogP contribution in [0.25, 0.3) is 21.3 Å². The van der Waals surface area contributed by atoms with E-state index in [1.54, 1.807) is 18.4 Å². The molecule has 5 fully saturated rings. The number of hydrogen-bond donors (Lipinski definition) is 2. The fraction of sp³-hybridized carbons (Fsp3) is 0.500. The Labute approximate surface area is 396 Å². The number of nitrogens with one attached hydrogen (secondary N) is 2. The lowest BCUT2D eigenvalue weighted by molar-refractivity contribution is -0.249. The number of nitrogens with zero attached hydrogens (tertiary/aromatic N) is 8. The van der Waals surface area contributed by atoms with Crippen LogP contribution in [0.4, 0.5) is 22.6 Å². The zero-order chi connectivity index (χ0) is 46.0. The van der Waals surface area contributed by atoms with Gasteiger partial charge in [-0.2, -0.15) is 5.10 Å². The minimum absolute atomic E-state index is 0.0637. The Balaban J connectivity index is 0.888. The molecule has 6 aliphatic rings. The Morgan fingerprint density at radius 3 is 2.45 bits per heavy atom. The van der Waals surface area contributed by atoms with Gasteiger partial charge >= 0.3 is 5.97 Å². The lowest BCUT2D eigenvalue weighted by Crippen LogP contribution is -2.64. The van der Waals surface area contributed by atoms with Gasteiger partial charge in [-0.05, 0) is 123 Å². The van der Waals surface area contributed by atoms with Crippen LogP contribution in [-0.2, 0) is 29.0 Å². The van der Waals surface area contributed by atoms with Crippen molar-refractivity contribution in [1.82, 2.24) is 40.2 Å². The summed E-state index contributed by atoms with van der Waals surface area (Å²) in [7, 11) is 1.64. The minimum atomic E-state index is -0.503. The molecule has 6 aromatic rings. The maximum Gasteiger partial charge on any atom is 0.358 e. The molecule has 6 heterocycles. The standard InChI is InChI=1S/C52H62N10O4S/c1-34-38-9-8-20-61(46(38)59-58-45(34)57-48-55-41-10-6-7-11-42(41)67-48)43-17-16-39(44(56-43)47(63)65-26-36-12-14-37(64-5)15-13-36)40-25-54-62(35(40)2)33-51-28-49(3)27-50(4,29-51)31-52(30-49,32-51)66-24-23-60-21-18-53-19-22-60/h6-7,10-17,25,53H,8-9,18-24,26-33H2,1-5H3,(H,55,57,58)/t49-,50+,51?,52?. The Morgan fingerprint density at radius 2 is 1.67 bits per heavy atom. The van der Waals surface area contributed by atoms with Gasteiger partial charge in [0.1, 0.15) is 18.2 Å². The third kappa shape index (κ3) is 8.57. The molecule has 4 aliphatic carbocycles. The van der Waals surface area contributed by atoms with Crippen molar-refractivity contribution in [3.8, 4) is 16.9 Å². The van der Waals surface area contributed by atoms with Gasteiger partial charge in [0, 0.05) is 73.8 Å². The van der Waals surface area contributed by atoms with Gasteiger partial charge in [-0.15, -0.1) is 10.2 Å². The zero-order valence-corrected chi connectivity index (χ0v) is 40.3. The van der Waals surface area contributed by atoms with E-state index in [0.717, 1.165) is 133 Å². The highest BCUT2D eigenvalue weighted by Gasteiger charge is 2.66. The number of pyridine rings is 1. The molecule has 0 amide bonds. The third-order valence-electron chi connectivity index (χ3n) is 15.3. The number of carbonyl (C=O) groups excluding carboxylic acids is 1. The molecule has 4 atom stereocenters. The number of ether oxygens (including phenoxy) is 3. The molecule has 12 rings (SSSR count). The number of thiazole rings is 1. The second-order valence-electron chi connectivity index (χ2n) is 20.9. The predicted octanol–water partition coefficient (Wildman–Crippen LogP) is 9.20. The SMILES string of the molecule is COc1ccc(COC(=O)c2nc(N3CCCc4c3nnc(Nc3nc5ccccc5s3)c4C)ccc2-c2cnn(CC34CC5(OCCN6CCNCC6)C[C@](C)(C3)C[C@](C)(C4)C5)c2C)cc1.